The fourth-order valence-electron chi connectivity index (χ4n) is 4.08. The minimum absolute atomic E-state index is 0. The molecular weight excluding hydrogens is 657 g/mol. The number of aliphatic carboxylic acids is 1. The molecule has 0 bridgehead atoms. The van der Waals surface area contributed by atoms with E-state index in [1.165, 1.54) is 37.4 Å². The molecule has 7 N–H and O–H groups in total. The Labute approximate surface area is 289 Å². The summed E-state index contributed by atoms with van der Waals surface area (Å²) < 4.78 is 7.05. The van der Waals surface area contributed by atoms with E-state index in [-0.39, 0.29) is 24.8 Å². The molecule has 0 amide bonds. The number of aryl methyl sites for hydroxylation is 2. The number of nitrogen functional groups attached to an aromatic ring is 2. The first-order valence-corrected chi connectivity index (χ1v) is 15.6. The van der Waals surface area contributed by atoms with Crippen LogP contribution in [0.1, 0.15) is 28.1 Å². The van der Waals surface area contributed by atoms with Crippen LogP contribution >= 0.6 is 22.7 Å². The number of para-hydroxylation sites is 2. The van der Waals surface area contributed by atoms with Crippen molar-refractivity contribution in [2.24, 2.45) is 19.8 Å². The molecule has 0 aliphatic carbocycles. The number of nitrogens with zero attached hydrogens (tertiary/aromatic N) is 2. The van der Waals surface area contributed by atoms with E-state index in [1.807, 2.05) is 48.5 Å². The zero-order chi connectivity index (χ0) is 31.6. The largest absolute Gasteiger partial charge is 1.00 e. The van der Waals surface area contributed by atoms with Crippen molar-refractivity contribution >= 4 is 84.8 Å². The standard InChI is InChI=1S/2C16H14N2S.C3H7NO2.2ClH/c2*1-18-14-4-2-3-5-15(14)19-16(18)11-8-12-6-9-13(17)10-7-12;1-2(4)3(5)6;;/h2*2-11,17H,1H3;2H,4H2,1H3,(H,5,6);2*1H/t;;2-;;/m..0../s1. The highest BCUT2D eigenvalue weighted by atomic mass is 35.5. The van der Waals surface area contributed by atoms with Crippen LogP contribution in [0.3, 0.4) is 0 Å². The summed E-state index contributed by atoms with van der Waals surface area (Å²) in [5, 5.41) is 10.3. The van der Waals surface area contributed by atoms with Crippen LogP contribution in [0.4, 0.5) is 11.4 Å². The first-order valence-electron chi connectivity index (χ1n) is 13.9. The van der Waals surface area contributed by atoms with Crippen LogP contribution in [0.2, 0.25) is 0 Å². The number of anilines is 2. The number of hydrogen-bond donors (Lipinski definition) is 4. The Kier molecular flexibility index (Phi) is 14.9. The minimum atomic E-state index is -0.963. The lowest BCUT2D eigenvalue weighted by Crippen LogP contribution is -3.00. The molecule has 0 spiro atoms. The van der Waals surface area contributed by atoms with Gasteiger partial charge in [-0.15, -0.1) is 0 Å². The third-order valence-electron chi connectivity index (χ3n) is 6.64. The lowest BCUT2D eigenvalue weighted by molar-refractivity contribution is -0.642. The number of hydrogen-bond acceptors (Lipinski definition) is 6. The number of thiazole rings is 2. The number of carboxylic acids is 1. The van der Waals surface area contributed by atoms with Gasteiger partial charge in [-0.3, -0.25) is 4.79 Å². The number of carboxylic acid groups (broad SMARTS) is 1. The van der Waals surface area contributed by atoms with E-state index < -0.39 is 12.0 Å². The summed E-state index contributed by atoms with van der Waals surface area (Å²) in [6.07, 6.45) is 8.53. The first-order chi connectivity index (χ1) is 21.1. The predicted molar refractivity (Wildman–Crippen MR) is 187 cm³/mol. The maximum atomic E-state index is 9.57. The summed E-state index contributed by atoms with van der Waals surface area (Å²) >= 11 is 3.60. The fraction of sp³-hybridized carbons (Fsp3) is 0.114. The highest BCUT2D eigenvalue weighted by Gasteiger charge is 2.14. The highest BCUT2D eigenvalue weighted by molar-refractivity contribution is 7.19. The van der Waals surface area contributed by atoms with Gasteiger partial charge in [-0.2, -0.15) is 9.13 Å². The van der Waals surface area contributed by atoms with Crippen LogP contribution in [0.15, 0.2) is 97.1 Å². The van der Waals surface area contributed by atoms with Crippen molar-refractivity contribution in [3.05, 3.63) is 118 Å². The van der Waals surface area contributed by atoms with Crippen molar-refractivity contribution < 1.29 is 43.8 Å². The van der Waals surface area contributed by atoms with Gasteiger partial charge in [0.2, 0.25) is 11.0 Å². The summed E-state index contributed by atoms with van der Waals surface area (Å²) in [5.74, 6) is -0.963. The smallest absolute Gasteiger partial charge is 0.320 e. The van der Waals surface area contributed by atoms with E-state index in [9.17, 15) is 4.79 Å². The third kappa shape index (κ3) is 10.4. The Balaban J connectivity index is 0.000000263. The maximum absolute atomic E-state index is 9.57. The average Bonchev–Trinajstić information content (AvgIpc) is 3.52. The van der Waals surface area contributed by atoms with Gasteiger partial charge in [-0.1, -0.05) is 71.2 Å². The molecule has 0 fully saturated rings. The Morgan fingerprint density at radius 1 is 0.652 bits per heavy atom. The zero-order valence-corrected chi connectivity index (χ0v) is 28.8. The molecule has 2 aromatic heterocycles. The second-order valence-corrected chi connectivity index (χ2v) is 12.2. The normalized spacial score (nSPS) is 11.2. The zero-order valence-electron chi connectivity index (χ0n) is 25.7. The number of halogens is 2. The van der Waals surface area contributed by atoms with Crippen LogP contribution in [0.5, 0.6) is 0 Å². The van der Waals surface area contributed by atoms with Crippen molar-refractivity contribution in [3.8, 4) is 0 Å². The van der Waals surface area contributed by atoms with Crippen LogP contribution < -0.4 is 51.1 Å². The number of aromatic nitrogens is 2. The molecule has 11 heteroatoms. The highest BCUT2D eigenvalue weighted by Crippen LogP contribution is 2.22. The van der Waals surface area contributed by atoms with E-state index >= 15 is 0 Å². The van der Waals surface area contributed by atoms with Gasteiger partial charge >= 0.3 is 5.97 Å². The van der Waals surface area contributed by atoms with E-state index in [0.29, 0.717) is 0 Å². The van der Waals surface area contributed by atoms with Gasteiger partial charge in [0.15, 0.2) is 0 Å². The SMILES string of the molecule is C[C@H](N)C(=O)O.C[n+]1c(C=Cc2ccc(N)cc2)sc2ccccc21.C[n+]1c(C=Cc2ccc(N)cc2)sc2ccccc21.[Cl-].[Cl-]. The first kappa shape index (κ1) is 37.9. The van der Waals surface area contributed by atoms with Crippen molar-refractivity contribution in [2.75, 3.05) is 11.5 Å². The molecule has 0 saturated heterocycles. The number of fused-ring (bicyclic) bond motifs is 2. The monoisotopic (exact) mass is 693 g/mol. The van der Waals surface area contributed by atoms with Crippen molar-refractivity contribution in [1.82, 2.24) is 0 Å². The topological polar surface area (TPSA) is 123 Å². The summed E-state index contributed by atoms with van der Waals surface area (Å²) in [6.45, 7) is 1.42. The van der Waals surface area contributed by atoms with Crippen LogP contribution in [0.25, 0.3) is 44.7 Å². The number of rotatable bonds is 5. The van der Waals surface area contributed by atoms with Gasteiger partial charge in [0.1, 0.15) is 29.5 Å². The Morgan fingerprint density at radius 3 is 1.28 bits per heavy atom. The van der Waals surface area contributed by atoms with Crippen molar-refractivity contribution in [1.29, 1.82) is 0 Å². The van der Waals surface area contributed by atoms with E-state index in [4.69, 9.17) is 22.3 Å². The van der Waals surface area contributed by atoms with Gasteiger partial charge in [-0.05, 0) is 66.6 Å². The predicted octanol–water partition coefficient (Wildman–Crippen LogP) is 0.383. The van der Waals surface area contributed by atoms with E-state index in [1.54, 1.807) is 22.7 Å². The molecule has 4 aromatic carbocycles. The van der Waals surface area contributed by atoms with E-state index in [2.05, 4.69) is 96.1 Å². The van der Waals surface area contributed by atoms with Gasteiger partial charge in [0.25, 0.3) is 10.0 Å². The lowest BCUT2D eigenvalue weighted by Gasteiger charge is -1.93. The molecule has 46 heavy (non-hydrogen) atoms. The maximum Gasteiger partial charge on any atom is 0.320 e. The third-order valence-corrected chi connectivity index (χ3v) is 9.01. The van der Waals surface area contributed by atoms with Crippen molar-refractivity contribution in [2.45, 2.75) is 13.0 Å². The number of carbonyl (C=O) groups is 1. The average molecular weight is 695 g/mol. The van der Waals surface area contributed by atoms with Gasteiger partial charge in [0.05, 0.1) is 0 Å². The molecule has 0 radical (unpaired) electrons. The molecule has 0 aliphatic heterocycles. The molecule has 2 heterocycles. The van der Waals surface area contributed by atoms with Crippen LogP contribution in [-0.4, -0.2) is 17.1 Å². The molecule has 0 saturated carbocycles. The molecule has 1 atom stereocenters. The number of benzene rings is 4. The molecule has 0 aliphatic rings. The summed E-state index contributed by atoms with van der Waals surface area (Å²) in [4.78, 5) is 9.57. The molecule has 0 unspecified atom stereocenters. The van der Waals surface area contributed by atoms with Gasteiger partial charge < -0.3 is 47.1 Å². The summed E-state index contributed by atoms with van der Waals surface area (Å²) in [7, 11) is 4.20. The molecule has 240 valence electrons. The van der Waals surface area contributed by atoms with Crippen LogP contribution in [-0.2, 0) is 18.9 Å². The summed E-state index contributed by atoms with van der Waals surface area (Å²) in [5.41, 5.74) is 22.6. The molecule has 6 aromatic rings. The molecule has 7 nitrogen and oxygen atoms in total. The summed E-state index contributed by atoms with van der Waals surface area (Å²) in [6, 6.07) is 32.0. The minimum Gasteiger partial charge on any atom is -1.00 e. The van der Waals surface area contributed by atoms with Crippen molar-refractivity contribution in [3.63, 3.8) is 0 Å². The number of nitrogens with two attached hydrogens (primary N) is 3. The molecular formula is C35H37Cl2N5O2S2. The Bertz CT molecular complexity index is 1780. The Hall–Kier alpha value is -4.25. The second-order valence-electron chi connectivity index (χ2n) is 10.1. The second kappa shape index (κ2) is 18.0. The van der Waals surface area contributed by atoms with Gasteiger partial charge in [-0.25, -0.2) is 0 Å². The Morgan fingerprint density at radius 2 is 0.978 bits per heavy atom. The van der Waals surface area contributed by atoms with E-state index in [0.717, 1.165) is 22.5 Å². The van der Waals surface area contributed by atoms with Crippen LogP contribution in [0, 0.1) is 0 Å². The quantitative estimate of drug-likeness (QED) is 0.154. The molecule has 6 rings (SSSR count). The lowest BCUT2D eigenvalue weighted by atomic mass is 10.2. The fourth-order valence-corrected chi connectivity index (χ4v) is 6.19. The van der Waals surface area contributed by atoms with Gasteiger partial charge in [0, 0.05) is 35.7 Å².